The van der Waals surface area contributed by atoms with Crippen LogP contribution in [0.3, 0.4) is 0 Å². The van der Waals surface area contributed by atoms with Crippen LogP contribution in [-0.4, -0.2) is 35.9 Å². The minimum atomic E-state index is -0.674. The van der Waals surface area contributed by atoms with E-state index < -0.39 is 24.1 Å². The highest BCUT2D eigenvalue weighted by atomic mass is 19.1. The Hall–Kier alpha value is -1.70. The zero-order valence-electron chi connectivity index (χ0n) is 15.4. The molecule has 2 N–H and O–H groups in total. The molecule has 0 aliphatic carbocycles. The van der Waals surface area contributed by atoms with Crippen LogP contribution in [0.1, 0.15) is 45.7 Å². The summed E-state index contributed by atoms with van der Waals surface area (Å²) in [6, 6.07) is 4.16. The first-order valence-electron chi connectivity index (χ1n) is 8.25. The van der Waals surface area contributed by atoms with E-state index in [9.17, 15) is 14.3 Å². The van der Waals surface area contributed by atoms with E-state index >= 15 is 0 Å². The van der Waals surface area contributed by atoms with Crippen molar-refractivity contribution in [3.05, 3.63) is 40.6 Å². The molecule has 0 bridgehead atoms. The van der Waals surface area contributed by atoms with Gasteiger partial charge >= 0.3 is 7.12 Å². The highest BCUT2D eigenvalue weighted by molar-refractivity contribution is 6.56. The number of halogens is 1. The fourth-order valence-electron chi connectivity index (χ4n) is 2.47. The van der Waals surface area contributed by atoms with Crippen molar-refractivity contribution in [3.8, 4) is 0 Å². The maximum absolute atomic E-state index is 13.6. The van der Waals surface area contributed by atoms with Gasteiger partial charge in [0.1, 0.15) is 5.82 Å². The van der Waals surface area contributed by atoms with Crippen LogP contribution in [0, 0.1) is 5.82 Å². The lowest BCUT2D eigenvalue weighted by Gasteiger charge is -2.32. The van der Waals surface area contributed by atoms with Gasteiger partial charge in [-0.2, -0.15) is 0 Å². The molecule has 2 rings (SSSR count). The van der Waals surface area contributed by atoms with Crippen LogP contribution in [0.5, 0.6) is 0 Å². The van der Waals surface area contributed by atoms with Gasteiger partial charge in [-0.25, -0.2) is 4.39 Å². The van der Waals surface area contributed by atoms with Crippen molar-refractivity contribution in [1.29, 1.82) is 0 Å². The lowest BCUT2D eigenvalue weighted by atomic mass is 9.76. The van der Waals surface area contributed by atoms with E-state index in [-0.39, 0.29) is 19.1 Å². The van der Waals surface area contributed by atoms with E-state index in [1.54, 1.807) is 6.08 Å². The summed E-state index contributed by atoms with van der Waals surface area (Å²) in [5.74, 6) is -0.597. The molecular weight excluding hydrogens is 324 g/mol. The molecule has 1 heterocycles. The van der Waals surface area contributed by atoms with Gasteiger partial charge in [-0.15, -0.1) is 0 Å². The van der Waals surface area contributed by atoms with Crippen LogP contribution in [-0.2, 0) is 20.7 Å². The van der Waals surface area contributed by atoms with Gasteiger partial charge < -0.3 is 19.7 Å². The molecule has 5 nitrogen and oxygen atoms in total. The predicted molar refractivity (Wildman–Crippen MR) is 95.1 cm³/mol. The normalized spacial score (nSPS) is 19.2. The second-order valence-electron chi connectivity index (χ2n) is 7.22. The monoisotopic (exact) mass is 349 g/mol. The molecule has 7 heteroatoms. The Morgan fingerprint density at radius 2 is 1.88 bits per heavy atom. The zero-order valence-corrected chi connectivity index (χ0v) is 15.4. The van der Waals surface area contributed by atoms with Gasteiger partial charge in [-0.05, 0) is 56.4 Å². The summed E-state index contributed by atoms with van der Waals surface area (Å²) >= 11 is 0. The van der Waals surface area contributed by atoms with E-state index in [1.807, 2.05) is 27.7 Å². The van der Waals surface area contributed by atoms with Crippen LogP contribution >= 0.6 is 0 Å². The fraction of sp³-hybridized carbons (Fsp3) is 0.500. The molecule has 1 fully saturated rings. The van der Waals surface area contributed by atoms with Crippen LogP contribution in [0.25, 0.3) is 6.08 Å². The summed E-state index contributed by atoms with van der Waals surface area (Å²) in [5.41, 5.74) is 0.689. The third kappa shape index (κ3) is 4.48. The largest absolute Gasteiger partial charge is 0.492 e. The Bertz CT molecular complexity index is 672. The molecule has 1 aromatic rings. The Labute approximate surface area is 148 Å². The Kier molecular flexibility index (Phi) is 5.71. The Morgan fingerprint density at radius 3 is 2.40 bits per heavy atom. The van der Waals surface area contributed by atoms with Gasteiger partial charge in [-0.1, -0.05) is 12.1 Å². The summed E-state index contributed by atoms with van der Waals surface area (Å²) in [4.78, 5) is 11.3. The molecule has 1 aromatic carbocycles. The molecule has 1 aliphatic rings. The first kappa shape index (κ1) is 19.6. The molecule has 25 heavy (non-hydrogen) atoms. The van der Waals surface area contributed by atoms with Crippen molar-refractivity contribution in [3.63, 3.8) is 0 Å². The summed E-state index contributed by atoms with van der Waals surface area (Å²) < 4.78 is 25.7. The maximum Gasteiger partial charge on any atom is 0.492 e. The number of carbonyl (C=O) groups excluding carboxylic acids is 1. The Balaban J connectivity index is 2.40. The number of amides is 1. The lowest BCUT2D eigenvalue weighted by molar-refractivity contribution is -0.118. The molecule has 1 amide bonds. The molecule has 0 radical (unpaired) electrons. The first-order chi connectivity index (χ1) is 11.6. The molecular formula is C18H25BFNO4. The van der Waals surface area contributed by atoms with Gasteiger partial charge in [0.25, 0.3) is 0 Å². The number of rotatable bonds is 5. The molecule has 1 saturated heterocycles. The van der Waals surface area contributed by atoms with Crippen molar-refractivity contribution in [2.75, 3.05) is 6.54 Å². The maximum atomic E-state index is 13.6. The molecule has 0 unspecified atom stereocenters. The molecule has 0 spiro atoms. The van der Waals surface area contributed by atoms with Crippen LogP contribution in [0.2, 0.25) is 0 Å². The topological polar surface area (TPSA) is 67.8 Å². The number of carbonyl (C=O) groups is 1. The predicted octanol–water partition coefficient (Wildman–Crippen LogP) is 2.47. The van der Waals surface area contributed by atoms with Gasteiger partial charge in [0, 0.05) is 13.5 Å². The smallest absolute Gasteiger partial charge is 0.400 e. The number of nitrogens with one attached hydrogen (secondary N) is 1. The average molecular weight is 349 g/mol. The SMILES string of the molecule is CC(=O)NCC(=Cc1cc(F)ccc1CO)B1OC(C)(C)C(C)(C)O1. The highest BCUT2D eigenvalue weighted by Gasteiger charge is 2.52. The van der Waals surface area contributed by atoms with E-state index in [2.05, 4.69) is 5.32 Å². The van der Waals surface area contributed by atoms with Gasteiger partial charge in [0.15, 0.2) is 0 Å². The number of aliphatic hydroxyl groups is 1. The third-order valence-electron chi connectivity index (χ3n) is 4.72. The van der Waals surface area contributed by atoms with E-state index in [4.69, 9.17) is 9.31 Å². The Morgan fingerprint density at radius 1 is 1.28 bits per heavy atom. The lowest BCUT2D eigenvalue weighted by Crippen LogP contribution is -2.41. The van der Waals surface area contributed by atoms with E-state index in [0.29, 0.717) is 16.6 Å². The quantitative estimate of drug-likeness (QED) is 0.802. The molecule has 0 aromatic heterocycles. The van der Waals surface area contributed by atoms with Crippen molar-refractivity contribution >= 4 is 19.1 Å². The van der Waals surface area contributed by atoms with Crippen LogP contribution in [0.4, 0.5) is 4.39 Å². The number of aliphatic hydroxyl groups excluding tert-OH is 1. The average Bonchev–Trinajstić information content (AvgIpc) is 2.71. The van der Waals surface area contributed by atoms with Crippen molar-refractivity contribution in [2.24, 2.45) is 0 Å². The number of hydrogen-bond acceptors (Lipinski definition) is 4. The second kappa shape index (κ2) is 7.27. The standard InChI is InChI=1S/C18H25BFNO4/c1-12(23)21-10-15(19-24-17(2,3)18(4,5)25-19)8-14-9-16(20)7-6-13(14)11-22/h6-9,22H,10-11H2,1-5H3,(H,21,23). The molecule has 136 valence electrons. The van der Waals surface area contributed by atoms with Crippen molar-refractivity contribution in [1.82, 2.24) is 5.32 Å². The van der Waals surface area contributed by atoms with Crippen molar-refractivity contribution in [2.45, 2.75) is 52.4 Å². The zero-order chi connectivity index (χ0) is 18.8. The van der Waals surface area contributed by atoms with Crippen LogP contribution in [0.15, 0.2) is 23.7 Å². The van der Waals surface area contributed by atoms with E-state index in [1.165, 1.54) is 25.1 Å². The van der Waals surface area contributed by atoms with Crippen LogP contribution < -0.4 is 5.32 Å². The minimum Gasteiger partial charge on any atom is -0.400 e. The molecule has 0 saturated carbocycles. The van der Waals surface area contributed by atoms with Gasteiger partial charge in [0.05, 0.1) is 17.8 Å². The minimum absolute atomic E-state index is 0.191. The number of benzene rings is 1. The third-order valence-corrected chi connectivity index (χ3v) is 4.72. The second-order valence-corrected chi connectivity index (χ2v) is 7.22. The summed E-state index contributed by atoms with van der Waals surface area (Å²) in [6.45, 7) is 9.14. The molecule has 0 atom stereocenters. The summed E-state index contributed by atoms with van der Waals surface area (Å²) in [7, 11) is -0.674. The number of hydrogen-bond donors (Lipinski definition) is 2. The van der Waals surface area contributed by atoms with Gasteiger partial charge in [-0.3, -0.25) is 4.79 Å². The van der Waals surface area contributed by atoms with Crippen molar-refractivity contribution < 1.29 is 23.6 Å². The summed E-state index contributed by atoms with van der Waals surface area (Å²) in [5, 5.41) is 12.2. The molecule has 1 aliphatic heterocycles. The first-order valence-corrected chi connectivity index (χ1v) is 8.25. The van der Waals surface area contributed by atoms with E-state index in [0.717, 1.165) is 0 Å². The summed E-state index contributed by atoms with van der Waals surface area (Å²) in [6.07, 6.45) is 1.70. The fourth-order valence-corrected chi connectivity index (χ4v) is 2.47. The van der Waals surface area contributed by atoms with Gasteiger partial charge in [0.2, 0.25) is 5.91 Å². The highest BCUT2D eigenvalue weighted by Crippen LogP contribution is 2.38.